The molecule has 240 valence electrons. The van der Waals surface area contributed by atoms with Gasteiger partial charge in [0, 0.05) is 38.3 Å². The van der Waals surface area contributed by atoms with Crippen LogP contribution in [0.2, 0.25) is 0 Å². The average Bonchev–Trinajstić information content (AvgIpc) is 3.35. The zero-order chi connectivity index (χ0) is 32.9. The van der Waals surface area contributed by atoms with Crippen molar-refractivity contribution >= 4 is 35.4 Å². The van der Waals surface area contributed by atoms with E-state index in [1.54, 1.807) is 18.2 Å². The number of carboxylic acid groups (broad SMARTS) is 1. The normalized spacial score (nSPS) is 17.4. The number of benzene rings is 2. The highest BCUT2D eigenvalue weighted by Crippen LogP contribution is 2.36. The van der Waals surface area contributed by atoms with Crippen LogP contribution in [0, 0.1) is 20.2 Å². The van der Waals surface area contributed by atoms with Gasteiger partial charge in [-0.25, -0.2) is 4.79 Å². The third kappa shape index (κ3) is 8.80. The van der Waals surface area contributed by atoms with Gasteiger partial charge in [-0.3, -0.25) is 19.6 Å². The van der Waals surface area contributed by atoms with Crippen LogP contribution in [-0.4, -0.2) is 83.3 Å². The van der Waals surface area contributed by atoms with Gasteiger partial charge in [-0.15, -0.1) is 0 Å². The summed E-state index contributed by atoms with van der Waals surface area (Å²) in [7, 11) is 0. The standard InChI is InChI=1S/C28H29F3N6O7S/c1-27(40,18-35-16-24(37(43)44)32-25(35)45-23-8-3-2-7-22(23)36(41)42)17-34-14-13-33(26(38)39)15-21(34)6-4-5-19-9-11-20(12-10-19)28(29,30)31/h2-5,7-12,16,21,40H,6,13-15,17-18H2,1H3,(H,38,39)/t21?,27-/m0/s1. The molecule has 0 saturated carbocycles. The molecule has 1 fully saturated rings. The molecule has 3 aromatic rings. The second-order valence-electron chi connectivity index (χ2n) is 10.7. The van der Waals surface area contributed by atoms with E-state index in [2.05, 4.69) is 4.98 Å². The fourth-order valence-electron chi connectivity index (χ4n) is 4.96. The van der Waals surface area contributed by atoms with Crippen molar-refractivity contribution in [3.63, 3.8) is 0 Å². The van der Waals surface area contributed by atoms with Crippen LogP contribution in [0.15, 0.2) is 70.9 Å². The summed E-state index contributed by atoms with van der Waals surface area (Å²) in [5, 5.41) is 44.1. The van der Waals surface area contributed by atoms with Crippen LogP contribution in [0.4, 0.5) is 29.5 Å². The highest BCUT2D eigenvalue weighted by Gasteiger charge is 2.35. The van der Waals surface area contributed by atoms with E-state index in [4.69, 9.17) is 0 Å². The van der Waals surface area contributed by atoms with Crippen LogP contribution in [0.5, 0.6) is 0 Å². The minimum Gasteiger partial charge on any atom is -0.465 e. The molecule has 1 unspecified atom stereocenters. The SMILES string of the molecule is C[C@](O)(CN1CCN(C(=O)O)CC1CC=Cc1ccc(C(F)(F)F)cc1)Cn1cc([N+](=O)[O-])nc1Sc1ccccc1[N+](=O)[O-]. The van der Waals surface area contributed by atoms with E-state index in [0.29, 0.717) is 12.0 Å². The summed E-state index contributed by atoms with van der Waals surface area (Å²) < 4.78 is 40.0. The Kier molecular flexibility index (Phi) is 10.1. The number of nitro groups is 2. The molecule has 0 spiro atoms. The van der Waals surface area contributed by atoms with Gasteiger partial charge in [0.05, 0.1) is 27.5 Å². The van der Waals surface area contributed by atoms with Crippen molar-refractivity contribution < 1.29 is 38.0 Å². The topological polar surface area (TPSA) is 168 Å². The molecule has 1 aliphatic heterocycles. The number of hydrogen-bond donors (Lipinski definition) is 2. The Labute approximate surface area is 258 Å². The summed E-state index contributed by atoms with van der Waals surface area (Å²) in [5.41, 5.74) is -1.98. The molecule has 2 heterocycles. The number of hydrogen-bond acceptors (Lipinski definition) is 9. The maximum absolute atomic E-state index is 12.9. The largest absolute Gasteiger partial charge is 0.465 e. The summed E-state index contributed by atoms with van der Waals surface area (Å²) in [6.45, 7) is 1.91. The highest BCUT2D eigenvalue weighted by atomic mass is 32.2. The zero-order valence-electron chi connectivity index (χ0n) is 23.8. The number of para-hydroxylation sites is 1. The highest BCUT2D eigenvalue weighted by molar-refractivity contribution is 7.99. The van der Waals surface area contributed by atoms with Crippen molar-refractivity contribution in [3.05, 3.63) is 92.2 Å². The van der Waals surface area contributed by atoms with Gasteiger partial charge in [-0.1, -0.05) is 36.4 Å². The first kappa shape index (κ1) is 33.4. The number of aromatic nitrogens is 2. The number of amides is 1. The first-order valence-corrected chi connectivity index (χ1v) is 14.4. The minimum atomic E-state index is -4.46. The molecule has 2 N–H and O–H groups in total. The van der Waals surface area contributed by atoms with Gasteiger partial charge in [0.1, 0.15) is 6.20 Å². The summed E-state index contributed by atoms with van der Waals surface area (Å²) in [5.74, 6) is -0.506. The Morgan fingerprint density at radius 3 is 2.40 bits per heavy atom. The number of halogens is 3. The molecule has 0 bridgehead atoms. The lowest BCUT2D eigenvalue weighted by Gasteiger charge is -2.43. The third-order valence-corrected chi connectivity index (χ3v) is 8.14. The summed E-state index contributed by atoms with van der Waals surface area (Å²) in [6.07, 6.45) is -0.758. The molecule has 4 rings (SSSR count). The fourth-order valence-corrected chi connectivity index (χ4v) is 5.92. The predicted molar refractivity (Wildman–Crippen MR) is 157 cm³/mol. The van der Waals surface area contributed by atoms with Crippen LogP contribution >= 0.6 is 11.8 Å². The molecule has 1 aromatic heterocycles. The van der Waals surface area contributed by atoms with Crippen LogP contribution in [0.3, 0.4) is 0 Å². The van der Waals surface area contributed by atoms with Gasteiger partial charge >= 0.3 is 18.1 Å². The second kappa shape index (κ2) is 13.7. The van der Waals surface area contributed by atoms with Crippen molar-refractivity contribution in [2.24, 2.45) is 0 Å². The van der Waals surface area contributed by atoms with E-state index in [0.717, 1.165) is 30.1 Å². The lowest BCUT2D eigenvalue weighted by Crippen LogP contribution is -2.58. The Morgan fingerprint density at radius 1 is 1.09 bits per heavy atom. The summed E-state index contributed by atoms with van der Waals surface area (Å²) >= 11 is 0.847. The first-order chi connectivity index (χ1) is 21.1. The molecule has 45 heavy (non-hydrogen) atoms. The van der Waals surface area contributed by atoms with Crippen molar-refractivity contribution in [2.45, 2.75) is 47.8 Å². The lowest BCUT2D eigenvalue weighted by atomic mass is 10.0. The number of aliphatic hydroxyl groups is 1. The van der Waals surface area contributed by atoms with E-state index >= 15 is 0 Å². The number of β-amino-alcohol motifs (C(OH)–C–C–N with tert-alkyl or cyclic N) is 1. The molecule has 0 radical (unpaired) electrons. The quantitative estimate of drug-likeness (QED) is 0.203. The number of imidazole rings is 1. The van der Waals surface area contributed by atoms with Crippen LogP contribution in [-0.2, 0) is 12.7 Å². The van der Waals surface area contributed by atoms with E-state index in [1.807, 2.05) is 4.90 Å². The summed E-state index contributed by atoms with van der Waals surface area (Å²) in [6, 6.07) is 10.0. The third-order valence-electron chi connectivity index (χ3n) is 7.06. The van der Waals surface area contributed by atoms with E-state index in [-0.39, 0.29) is 48.5 Å². The van der Waals surface area contributed by atoms with Gasteiger partial charge in [0.2, 0.25) is 0 Å². The van der Waals surface area contributed by atoms with E-state index in [9.17, 15) is 48.4 Å². The maximum Gasteiger partial charge on any atom is 0.416 e. The Hall–Kier alpha value is -4.48. The molecule has 1 amide bonds. The molecule has 1 saturated heterocycles. The van der Waals surface area contributed by atoms with Gasteiger partial charge in [-0.05, 0) is 58.8 Å². The molecular weight excluding hydrogens is 621 g/mol. The van der Waals surface area contributed by atoms with Crippen molar-refractivity contribution in [2.75, 3.05) is 26.2 Å². The molecule has 17 heteroatoms. The molecule has 13 nitrogen and oxygen atoms in total. The smallest absolute Gasteiger partial charge is 0.416 e. The van der Waals surface area contributed by atoms with Gasteiger partial charge in [-0.2, -0.15) is 13.2 Å². The van der Waals surface area contributed by atoms with Crippen LogP contribution in [0.1, 0.15) is 24.5 Å². The molecule has 1 aliphatic rings. The predicted octanol–water partition coefficient (Wildman–Crippen LogP) is 5.39. The number of piperazine rings is 1. The number of rotatable bonds is 11. The van der Waals surface area contributed by atoms with Crippen molar-refractivity contribution in [1.82, 2.24) is 19.4 Å². The number of carbonyl (C=O) groups is 1. The van der Waals surface area contributed by atoms with Crippen LogP contribution in [0.25, 0.3) is 6.08 Å². The first-order valence-electron chi connectivity index (χ1n) is 13.5. The summed E-state index contributed by atoms with van der Waals surface area (Å²) in [4.78, 5) is 40.7. The maximum atomic E-state index is 12.9. The van der Waals surface area contributed by atoms with Crippen molar-refractivity contribution in [3.8, 4) is 0 Å². The van der Waals surface area contributed by atoms with Gasteiger partial charge in [0.25, 0.3) is 10.8 Å². The number of nitro benzene ring substituents is 1. The van der Waals surface area contributed by atoms with Crippen molar-refractivity contribution in [1.29, 1.82) is 0 Å². The molecule has 2 atom stereocenters. The second-order valence-corrected chi connectivity index (χ2v) is 11.7. The number of alkyl halides is 3. The molecular formula is C28H29F3N6O7S. The van der Waals surface area contributed by atoms with E-state index < -0.39 is 45.1 Å². The fraction of sp³-hybridized carbons (Fsp3) is 0.357. The lowest BCUT2D eigenvalue weighted by molar-refractivity contribution is -0.389. The minimum absolute atomic E-state index is 0.0286. The van der Waals surface area contributed by atoms with Gasteiger partial charge < -0.3 is 25.2 Å². The Bertz CT molecular complexity index is 1580. The Morgan fingerprint density at radius 2 is 1.78 bits per heavy atom. The Balaban J connectivity index is 1.51. The molecule has 0 aliphatic carbocycles. The van der Waals surface area contributed by atoms with Crippen LogP contribution < -0.4 is 0 Å². The van der Waals surface area contributed by atoms with Gasteiger partial charge in [0.15, 0.2) is 0 Å². The number of nitrogens with zero attached hydrogens (tertiary/aromatic N) is 6. The average molecular weight is 651 g/mol. The molecule has 2 aromatic carbocycles. The van der Waals surface area contributed by atoms with E-state index in [1.165, 1.54) is 46.7 Å². The zero-order valence-corrected chi connectivity index (χ0v) is 24.6. The monoisotopic (exact) mass is 650 g/mol.